The highest BCUT2D eigenvalue weighted by Crippen LogP contribution is 2.40. The summed E-state index contributed by atoms with van der Waals surface area (Å²) in [7, 11) is 0. The van der Waals surface area contributed by atoms with Crippen molar-refractivity contribution in [3.63, 3.8) is 0 Å². The molecule has 126 valence electrons. The molecule has 2 aliphatic rings. The van der Waals surface area contributed by atoms with Crippen LogP contribution in [0.3, 0.4) is 0 Å². The van der Waals surface area contributed by atoms with Crippen molar-refractivity contribution in [2.45, 2.75) is 38.3 Å². The second-order valence-corrected chi connectivity index (χ2v) is 7.34. The maximum atomic E-state index is 11.2. The minimum atomic E-state index is -0.866. The number of nitrogens with one attached hydrogen (secondary N) is 1. The van der Waals surface area contributed by atoms with Gasteiger partial charge in [0, 0.05) is 38.4 Å². The lowest BCUT2D eigenvalue weighted by molar-refractivity contribution is 0.0697. The van der Waals surface area contributed by atoms with E-state index in [1.165, 1.54) is 31.5 Å². The Morgan fingerprint density at radius 1 is 1.17 bits per heavy atom. The van der Waals surface area contributed by atoms with Crippen LogP contribution < -0.4 is 9.80 Å². The van der Waals surface area contributed by atoms with Gasteiger partial charge in [-0.25, -0.2) is 4.79 Å². The number of quaternary nitrogens is 1. The van der Waals surface area contributed by atoms with Crippen LogP contribution in [0.25, 0.3) is 10.8 Å². The van der Waals surface area contributed by atoms with E-state index in [4.69, 9.17) is 0 Å². The van der Waals surface area contributed by atoms with E-state index in [2.05, 4.69) is 30.4 Å². The van der Waals surface area contributed by atoms with Gasteiger partial charge in [-0.3, -0.25) is 4.48 Å². The second-order valence-electron chi connectivity index (χ2n) is 7.34. The van der Waals surface area contributed by atoms with Gasteiger partial charge < -0.3 is 10.4 Å². The van der Waals surface area contributed by atoms with Crippen molar-refractivity contribution >= 4 is 22.4 Å². The molecule has 4 heteroatoms. The van der Waals surface area contributed by atoms with Gasteiger partial charge in [0.05, 0.1) is 18.2 Å². The van der Waals surface area contributed by atoms with E-state index in [1.54, 1.807) is 12.1 Å². The van der Waals surface area contributed by atoms with Gasteiger partial charge in [-0.1, -0.05) is 6.07 Å². The number of carbonyl (C=O) groups is 1. The number of carboxylic acids is 1. The topological polar surface area (TPSA) is 49.3 Å². The van der Waals surface area contributed by atoms with Crippen LogP contribution in [-0.2, 0) is 0 Å². The number of benzene rings is 2. The van der Waals surface area contributed by atoms with Crippen LogP contribution in [-0.4, -0.2) is 42.8 Å². The predicted molar refractivity (Wildman–Crippen MR) is 97.5 cm³/mol. The zero-order valence-corrected chi connectivity index (χ0v) is 14.2. The Labute approximate surface area is 142 Å². The van der Waals surface area contributed by atoms with Crippen LogP contribution in [0.15, 0.2) is 36.4 Å². The number of hydrogen-bond donors (Lipinski definition) is 2. The molecule has 2 aliphatic heterocycles. The van der Waals surface area contributed by atoms with Crippen molar-refractivity contribution < 1.29 is 9.90 Å². The third-order valence-electron chi connectivity index (χ3n) is 6.17. The fourth-order valence-electron chi connectivity index (χ4n) is 4.89. The summed E-state index contributed by atoms with van der Waals surface area (Å²) in [6.07, 6.45) is 3.81. The maximum absolute atomic E-state index is 11.2. The third kappa shape index (κ3) is 2.33. The van der Waals surface area contributed by atoms with Gasteiger partial charge in [0.25, 0.3) is 0 Å². The molecule has 0 bridgehead atoms. The summed E-state index contributed by atoms with van der Waals surface area (Å²) in [5.41, 5.74) is 1.75. The van der Waals surface area contributed by atoms with Crippen molar-refractivity contribution in [3.05, 3.63) is 42.0 Å². The van der Waals surface area contributed by atoms with Gasteiger partial charge in [-0.2, -0.15) is 0 Å². The first-order valence-corrected chi connectivity index (χ1v) is 8.97. The zero-order chi connectivity index (χ0) is 16.7. The van der Waals surface area contributed by atoms with Crippen molar-refractivity contribution in [3.8, 4) is 0 Å². The normalized spacial score (nSPS) is 30.0. The molecule has 0 radical (unpaired) electrons. The van der Waals surface area contributed by atoms with E-state index in [0.29, 0.717) is 17.6 Å². The highest BCUT2D eigenvalue weighted by atomic mass is 16.4. The van der Waals surface area contributed by atoms with Gasteiger partial charge in [-0.15, -0.1) is 0 Å². The molecular weight excluding hydrogens is 300 g/mol. The lowest BCUT2D eigenvalue weighted by Crippen LogP contribution is -2.59. The first-order valence-electron chi connectivity index (χ1n) is 8.97. The van der Waals surface area contributed by atoms with E-state index >= 15 is 0 Å². The molecule has 0 amide bonds. The van der Waals surface area contributed by atoms with Crippen LogP contribution in [0.4, 0.5) is 5.69 Å². The fourth-order valence-corrected chi connectivity index (χ4v) is 4.89. The molecule has 2 aromatic carbocycles. The van der Waals surface area contributed by atoms with Crippen molar-refractivity contribution in [2.75, 3.05) is 19.6 Å². The van der Waals surface area contributed by atoms with E-state index in [0.717, 1.165) is 28.3 Å². The number of nitrogens with zero attached hydrogens (tertiary/aromatic N) is 1. The number of aromatic carboxylic acids is 1. The van der Waals surface area contributed by atoms with Crippen LogP contribution in [0.1, 0.15) is 36.5 Å². The molecule has 2 heterocycles. The van der Waals surface area contributed by atoms with Crippen LogP contribution in [0.5, 0.6) is 0 Å². The number of hydrogen-bond acceptors (Lipinski definition) is 2. The summed E-state index contributed by atoms with van der Waals surface area (Å²) in [5.74, 6) is -0.866. The van der Waals surface area contributed by atoms with Crippen molar-refractivity contribution in [1.29, 1.82) is 0 Å². The SMILES string of the molecule is C[C@H]1CCC[N+]1(c1ccc2cc(C(=O)O)ccc2c1)[C@H]1CCNC1. The first kappa shape index (κ1) is 15.6. The summed E-state index contributed by atoms with van der Waals surface area (Å²) < 4.78 is 1.09. The molecule has 2 saturated heterocycles. The van der Waals surface area contributed by atoms with Crippen molar-refractivity contribution in [1.82, 2.24) is 9.80 Å². The van der Waals surface area contributed by atoms with Crippen molar-refractivity contribution in [2.24, 2.45) is 0 Å². The second kappa shape index (κ2) is 5.87. The molecule has 3 atom stereocenters. The Balaban J connectivity index is 1.81. The van der Waals surface area contributed by atoms with Gasteiger partial charge in [0.2, 0.25) is 0 Å². The summed E-state index contributed by atoms with van der Waals surface area (Å²) >= 11 is 0. The molecule has 2 fully saturated rings. The molecule has 24 heavy (non-hydrogen) atoms. The lowest BCUT2D eigenvalue weighted by atomic mass is 10.0. The minimum absolute atomic E-state index is 0.355. The Morgan fingerprint density at radius 2 is 1.96 bits per heavy atom. The predicted octanol–water partition coefficient (Wildman–Crippen LogP) is 3.39. The van der Waals surface area contributed by atoms with Gasteiger partial charge in [0.1, 0.15) is 11.7 Å². The quantitative estimate of drug-likeness (QED) is 0.851. The van der Waals surface area contributed by atoms with E-state index < -0.39 is 5.97 Å². The maximum Gasteiger partial charge on any atom is 0.335 e. The van der Waals surface area contributed by atoms with E-state index in [1.807, 2.05) is 6.07 Å². The largest absolute Gasteiger partial charge is 0.478 e. The van der Waals surface area contributed by atoms with Gasteiger partial charge in [-0.05, 0) is 42.0 Å². The van der Waals surface area contributed by atoms with E-state index in [-0.39, 0.29) is 0 Å². The summed E-state index contributed by atoms with van der Waals surface area (Å²) in [6, 6.07) is 13.4. The summed E-state index contributed by atoms with van der Waals surface area (Å²) in [5, 5.41) is 14.9. The zero-order valence-electron chi connectivity index (χ0n) is 14.2. The Morgan fingerprint density at radius 3 is 2.62 bits per heavy atom. The fraction of sp³-hybridized carbons (Fsp3) is 0.450. The number of likely N-dealkylation sites (tertiary alicyclic amines) is 1. The van der Waals surface area contributed by atoms with Gasteiger partial charge in [0.15, 0.2) is 0 Å². The third-order valence-corrected chi connectivity index (χ3v) is 6.17. The number of rotatable bonds is 3. The average Bonchev–Trinajstić information content (AvgIpc) is 3.24. The molecule has 0 spiro atoms. The molecule has 1 unspecified atom stereocenters. The van der Waals surface area contributed by atoms with Crippen LogP contribution in [0, 0.1) is 0 Å². The van der Waals surface area contributed by atoms with Crippen LogP contribution >= 0.6 is 0 Å². The number of carboxylic acid groups (broad SMARTS) is 1. The summed E-state index contributed by atoms with van der Waals surface area (Å²) in [6.45, 7) is 5.82. The molecule has 2 N–H and O–H groups in total. The monoisotopic (exact) mass is 325 g/mol. The smallest absolute Gasteiger partial charge is 0.335 e. The van der Waals surface area contributed by atoms with Gasteiger partial charge >= 0.3 is 5.97 Å². The average molecular weight is 325 g/mol. The highest BCUT2D eigenvalue weighted by Gasteiger charge is 2.48. The molecule has 0 aliphatic carbocycles. The molecule has 4 rings (SSSR count). The molecule has 2 aromatic rings. The van der Waals surface area contributed by atoms with Crippen LogP contribution in [0.2, 0.25) is 0 Å². The Kier molecular flexibility index (Phi) is 3.82. The molecule has 4 nitrogen and oxygen atoms in total. The Hall–Kier alpha value is -1.91. The molecular formula is C20H25N2O2+. The highest BCUT2D eigenvalue weighted by molar-refractivity contribution is 5.95. The first-order chi connectivity index (χ1) is 11.6. The minimum Gasteiger partial charge on any atom is -0.478 e. The molecule has 0 saturated carbocycles. The standard InChI is InChI=1S/C20H24N2O2/c1-14-3-2-10-22(14,19-8-9-21-13-19)18-7-6-15-11-17(20(23)24)5-4-16(15)12-18/h4-7,11-12,14,19,21H,2-3,8-10,13H2,1H3/p+1/t14-,19-,22?/m0/s1. The molecule has 0 aromatic heterocycles. The van der Waals surface area contributed by atoms with E-state index in [9.17, 15) is 9.90 Å². The Bertz CT molecular complexity index is 782. The number of fused-ring (bicyclic) bond motifs is 1. The summed E-state index contributed by atoms with van der Waals surface area (Å²) in [4.78, 5) is 11.2. The lowest BCUT2D eigenvalue weighted by Gasteiger charge is -2.43.